The average Bonchev–Trinajstić information content (AvgIpc) is 2.65. The van der Waals surface area contributed by atoms with Gasteiger partial charge >= 0.3 is 5.97 Å². The van der Waals surface area contributed by atoms with Crippen LogP contribution in [0, 0.1) is 0 Å². The first-order valence-corrected chi connectivity index (χ1v) is 10.5. The summed E-state index contributed by atoms with van der Waals surface area (Å²) in [5, 5.41) is 6.73. The number of esters is 1. The van der Waals surface area contributed by atoms with Gasteiger partial charge in [0.05, 0.1) is 7.11 Å². The Balaban J connectivity index is 2.11. The Labute approximate surface area is 160 Å². The van der Waals surface area contributed by atoms with Crippen molar-refractivity contribution in [3.05, 3.63) is 0 Å². The number of nitrogens with zero attached hydrogens (tertiary/aromatic N) is 2. The first kappa shape index (κ1) is 22.7. The van der Waals surface area contributed by atoms with E-state index >= 15 is 0 Å². The van der Waals surface area contributed by atoms with Crippen molar-refractivity contribution in [2.45, 2.75) is 77.7 Å². The van der Waals surface area contributed by atoms with E-state index in [1.54, 1.807) is 0 Å². The highest BCUT2D eigenvalue weighted by Crippen LogP contribution is 2.16. The monoisotopic (exact) mass is 368 g/mol. The Bertz CT molecular complexity index is 401. The lowest BCUT2D eigenvalue weighted by atomic mass is 10.0. The second-order valence-corrected chi connectivity index (χ2v) is 7.16. The number of piperidine rings is 1. The van der Waals surface area contributed by atoms with Crippen molar-refractivity contribution < 1.29 is 9.53 Å². The minimum absolute atomic E-state index is 0.108. The van der Waals surface area contributed by atoms with Crippen LogP contribution in [0.1, 0.15) is 71.6 Å². The van der Waals surface area contributed by atoms with Gasteiger partial charge in [-0.25, -0.2) is 0 Å². The second kappa shape index (κ2) is 14.8. The highest BCUT2D eigenvalue weighted by molar-refractivity contribution is 5.79. The molecule has 1 atom stereocenters. The van der Waals surface area contributed by atoms with Crippen LogP contribution in [0.3, 0.4) is 0 Å². The number of guanidine groups is 1. The summed E-state index contributed by atoms with van der Waals surface area (Å²) < 4.78 is 4.65. The van der Waals surface area contributed by atoms with Crippen molar-refractivity contribution in [2.75, 3.05) is 39.8 Å². The maximum atomic E-state index is 11.0. The molecule has 1 heterocycles. The number of hydrogen-bond donors (Lipinski definition) is 2. The lowest BCUT2D eigenvalue weighted by Gasteiger charge is -2.33. The zero-order valence-corrected chi connectivity index (χ0v) is 17.2. The van der Waals surface area contributed by atoms with E-state index in [4.69, 9.17) is 4.99 Å². The second-order valence-electron chi connectivity index (χ2n) is 7.16. The largest absolute Gasteiger partial charge is 0.469 e. The number of likely N-dealkylation sites (tertiary alicyclic amines) is 1. The predicted octanol–water partition coefficient (Wildman–Crippen LogP) is 2.93. The molecule has 0 aromatic carbocycles. The molecule has 6 heteroatoms. The SMILES string of the molecule is CCNC(=NCCCN1CCCCC1C)NCCCCCCC(=O)OC. The highest BCUT2D eigenvalue weighted by Gasteiger charge is 2.16. The first-order valence-electron chi connectivity index (χ1n) is 10.5. The lowest BCUT2D eigenvalue weighted by molar-refractivity contribution is -0.140. The van der Waals surface area contributed by atoms with Crippen molar-refractivity contribution in [3.63, 3.8) is 0 Å². The highest BCUT2D eigenvalue weighted by atomic mass is 16.5. The number of unbranched alkanes of at least 4 members (excludes halogenated alkanes) is 3. The van der Waals surface area contributed by atoms with Crippen molar-refractivity contribution in [1.29, 1.82) is 0 Å². The van der Waals surface area contributed by atoms with Crippen molar-refractivity contribution in [3.8, 4) is 0 Å². The van der Waals surface area contributed by atoms with Gasteiger partial charge in [0.15, 0.2) is 5.96 Å². The molecule has 0 aromatic rings. The zero-order valence-electron chi connectivity index (χ0n) is 17.2. The molecule has 1 unspecified atom stereocenters. The summed E-state index contributed by atoms with van der Waals surface area (Å²) in [6.07, 6.45) is 9.91. The standard InChI is InChI=1S/C20H40N4O2/c1-4-21-20(22-14-9-6-5-7-13-19(25)26-3)23-15-11-17-24-16-10-8-12-18(24)2/h18H,4-17H2,1-3H3,(H2,21,22,23). The summed E-state index contributed by atoms with van der Waals surface area (Å²) in [6.45, 7) is 9.53. The Morgan fingerprint density at radius 3 is 2.69 bits per heavy atom. The van der Waals surface area contributed by atoms with Gasteiger partial charge in [-0.3, -0.25) is 9.79 Å². The molecular weight excluding hydrogens is 328 g/mol. The number of carbonyl (C=O) groups is 1. The van der Waals surface area contributed by atoms with Gasteiger partial charge < -0.3 is 20.3 Å². The van der Waals surface area contributed by atoms with Gasteiger partial charge in [-0.05, 0) is 52.5 Å². The van der Waals surface area contributed by atoms with E-state index in [1.807, 2.05) is 0 Å². The Kier molecular flexibility index (Phi) is 13.0. The van der Waals surface area contributed by atoms with Gasteiger partial charge in [-0.15, -0.1) is 0 Å². The molecule has 0 saturated carbocycles. The minimum atomic E-state index is -0.108. The average molecular weight is 369 g/mol. The molecule has 6 nitrogen and oxygen atoms in total. The molecule has 0 radical (unpaired) electrons. The predicted molar refractivity (Wildman–Crippen MR) is 109 cm³/mol. The summed E-state index contributed by atoms with van der Waals surface area (Å²) in [4.78, 5) is 18.3. The summed E-state index contributed by atoms with van der Waals surface area (Å²) >= 11 is 0. The van der Waals surface area contributed by atoms with Gasteiger partial charge in [0.25, 0.3) is 0 Å². The van der Waals surface area contributed by atoms with Crippen molar-refractivity contribution >= 4 is 11.9 Å². The topological polar surface area (TPSA) is 66.0 Å². The van der Waals surface area contributed by atoms with Crippen LogP contribution in [0.15, 0.2) is 4.99 Å². The first-order chi connectivity index (χ1) is 12.7. The normalized spacial score (nSPS) is 18.6. The third kappa shape index (κ3) is 10.6. The minimum Gasteiger partial charge on any atom is -0.469 e. The molecule has 0 aliphatic carbocycles. The molecule has 0 bridgehead atoms. The number of hydrogen-bond acceptors (Lipinski definition) is 4. The molecule has 1 aliphatic rings. The van der Waals surface area contributed by atoms with Crippen LogP contribution < -0.4 is 10.6 Å². The molecule has 2 N–H and O–H groups in total. The summed E-state index contributed by atoms with van der Waals surface area (Å²) in [7, 11) is 1.45. The maximum absolute atomic E-state index is 11.0. The number of carbonyl (C=O) groups excluding carboxylic acids is 1. The fourth-order valence-corrected chi connectivity index (χ4v) is 3.35. The molecule has 1 aliphatic heterocycles. The summed E-state index contributed by atoms with van der Waals surface area (Å²) in [6, 6.07) is 0.735. The summed E-state index contributed by atoms with van der Waals surface area (Å²) in [5.41, 5.74) is 0. The van der Waals surface area contributed by atoms with Crippen LogP contribution in [0.4, 0.5) is 0 Å². The molecule has 26 heavy (non-hydrogen) atoms. The molecule has 0 amide bonds. The number of nitrogens with one attached hydrogen (secondary N) is 2. The lowest BCUT2D eigenvalue weighted by Crippen LogP contribution is -2.39. The number of ether oxygens (including phenoxy) is 1. The van der Waals surface area contributed by atoms with Crippen LogP contribution in [-0.2, 0) is 9.53 Å². The molecular formula is C20H40N4O2. The van der Waals surface area contributed by atoms with Crippen LogP contribution in [0.5, 0.6) is 0 Å². The van der Waals surface area contributed by atoms with Crippen molar-refractivity contribution in [1.82, 2.24) is 15.5 Å². The third-order valence-electron chi connectivity index (χ3n) is 4.99. The van der Waals surface area contributed by atoms with E-state index in [-0.39, 0.29) is 5.97 Å². The van der Waals surface area contributed by atoms with Gasteiger partial charge in [-0.2, -0.15) is 0 Å². The Morgan fingerprint density at radius 1 is 1.15 bits per heavy atom. The van der Waals surface area contributed by atoms with E-state index in [0.29, 0.717) is 6.42 Å². The Hall–Kier alpha value is -1.30. The van der Waals surface area contributed by atoms with Crippen LogP contribution in [0.25, 0.3) is 0 Å². The van der Waals surface area contributed by atoms with Gasteiger partial charge in [0.2, 0.25) is 0 Å². The fourth-order valence-electron chi connectivity index (χ4n) is 3.35. The van der Waals surface area contributed by atoms with Crippen LogP contribution >= 0.6 is 0 Å². The van der Waals surface area contributed by atoms with E-state index in [0.717, 1.165) is 70.3 Å². The molecule has 1 rings (SSSR count). The molecule has 1 fully saturated rings. The number of aliphatic imine (C=N–C) groups is 1. The van der Waals surface area contributed by atoms with E-state index in [9.17, 15) is 4.79 Å². The van der Waals surface area contributed by atoms with Gasteiger partial charge in [-0.1, -0.05) is 19.3 Å². The van der Waals surface area contributed by atoms with Gasteiger partial charge in [0, 0.05) is 38.6 Å². The molecule has 0 spiro atoms. The van der Waals surface area contributed by atoms with Crippen molar-refractivity contribution in [2.24, 2.45) is 4.99 Å². The fraction of sp³-hybridized carbons (Fsp3) is 0.900. The summed E-state index contributed by atoms with van der Waals surface area (Å²) in [5.74, 6) is 0.817. The zero-order chi connectivity index (χ0) is 19.0. The van der Waals surface area contributed by atoms with Gasteiger partial charge in [0.1, 0.15) is 0 Å². The number of methoxy groups -OCH3 is 1. The Morgan fingerprint density at radius 2 is 1.96 bits per heavy atom. The third-order valence-corrected chi connectivity index (χ3v) is 4.99. The molecule has 0 aromatic heterocycles. The maximum Gasteiger partial charge on any atom is 0.305 e. The quantitative estimate of drug-likeness (QED) is 0.240. The van der Waals surface area contributed by atoms with E-state index < -0.39 is 0 Å². The van der Waals surface area contributed by atoms with Crippen LogP contribution in [-0.4, -0.2) is 62.7 Å². The van der Waals surface area contributed by atoms with Crippen LogP contribution in [0.2, 0.25) is 0 Å². The van der Waals surface area contributed by atoms with E-state index in [1.165, 1.54) is 32.9 Å². The molecule has 1 saturated heterocycles. The van der Waals surface area contributed by atoms with E-state index in [2.05, 4.69) is 34.1 Å². The smallest absolute Gasteiger partial charge is 0.305 e. The molecule has 152 valence electrons. The number of rotatable bonds is 12.